The van der Waals surface area contributed by atoms with E-state index in [1.54, 1.807) is 0 Å². The fourth-order valence-corrected chi connectivity index (χ4v) is 6.69. The largest absolute Gasteiger partial charge is 0.309 e. The summed E-state index contributed by atoms with van der Waals surface area (Å²) in [5.41, 5.74) is 7.27. The Bertz CT molecular complexity index is 2430. The lowest BCUT2D eigenvalue weighted by Gasteiger charge is -2.12. The molecule has 2 nitrogen and oxygen atoms in total. The van der Waals surface area contributed by atoms with Gasteiger partial charge in [-0.3, -0.25) is 0 Å². The maximum Gasteiger partial charge on any atom is 0.0562 e. The second kappa shape index (κ2) is 8.08. The third-order valence-corrected chi connectivity index (χ3v) is 8.46. The quantitative estimate of drug-likeness (QED) is 0.220. The monoisotopic (exact) mass is 508 g/mol. The van der Waals surface area contributed by atoms with Crippen LogP contribution in [0.3, 0.4) is 0 Å². The van der Waals surface area contributed by atoms with Crippen LogP contribution in [-0.4, -0.2) is 9.13 Å². The van der Waals surface area contributed by atoms with Crippen LogP contribution >= 0.6 is 0 Å². The second-order valence-corrected chi connectivity index (χ2v) is 10.6. The van der Waals surface area contributed by atoms with Gasteiger partial charge >= 0.3 is 0 Å². The molecule has 0 aliphatic carbocycles. The summed E-state index contributed by atoms with van der Waals surface area (Å²) in [6, 6.07) is 53.1. The number of rotatable bonds is 2. The molecule has 40 heavy (non-hydrogen) atoms. The number of fused-ring (bicyclic) bond motifs is 8. The maximum atomic E-state index is 2.45. The highest BCUT2D eigenvalue weighted by atomic mass is 15.0. The van der Waals surface area contributed by atoms with Gasteiger partial charge in [0.05, 0.1) is 27.8 Å². The summed E-state index contributed by atoms with van der Waals surface area (Å²) in [6.07, 6.45) is 0. The molecule has 0 bridgehead atoms. The van der Waals surface area contributed by atoms with E-state index >= 15 is 0 Å². The van der Waals surface area contributed by atoms with E-state index in [0.29, 0.717) is 0 Å². The predicted molar refractivity (Wildman–Crippen MR) is 170 cm³/mol. The fraction of sp³-hybridized carbons (Fsp3) is 0. The topological polar surface area (TPSA) is 9.86 Å². The van der Waals surface area contributed by atoms with Crippen molar-refractivity contribution >= 4 is 65.2 Å². The number of hydrogen-bond acceptors (Lipinski definition) is 0. The molecule has 2 heterocycles. The molecular weight excluding hydrogens is 484 g/mol. The van der Waals surface area contributed by atoms with Gasteiger partial charge in [0.2, 0.25) is 0 Å². The predicted octanol–water partition coefficient (Wildman–Crippen LogP) is 10.2. The van der Waals surface area contributed by atoms with Gasteiger partial charge in [0.25, 0.3) is 0 Å². The molecule has 186 valence electrons. The summed E-state index contributed by atoms with van der Waals surface area (Å²) in [5.74, 6) is 0. The van der Waals surface area contributed by atoms with Crippen LogP contribution in [0.15, 0.2) is 146 Å². The smallest absolute Gasteiger partial charge is 0.0562 e. The van der Waals surface area contributed by atoms with Gasteiger partial charge in [-0.2, -0.15) is 0 Å². The molecule has 0 aliphatic heterocycles. The lowest BCUT2D eigenvalue weighted by molar-refractivity contribution is 1.17. The van der Waals surface area contributed by atoms with Gasteiger partial charge in [-0.15, -0.1) is 0 Å². The van der Waals surface area contributed by atoms with E-state index in [1.165, 1.54) is 76.5 Å². The van der Waals surface area contributed by atoms with Crippen molar-refractivity contribution < 1.29 is 0 Å². The molecule has 0 radical (unpaired) electrons. The fourth-order valence-electron chi connectivity index (χ4n) is 6.69. The zero-order chi connectivity index (χ0) is 26.2. The average molecular weight is 509 g/mol. The van der Waals surface area contributed by atoms with Crippen molar-refractivity contribution in [3.63, 3.8) is 0 Å². The number of benzene rings is 7. The molecule has 9 aromatic rings. The minimum absolute atomic E-state index is 1.18. The first kappa shape index (κ1) is 21.6. The summed E-state index contributed by atoms with van der Waals surface area (Å²) < 4.78 is 4.89. The Kier molecular flexibility index (Phi) is 4.36. The Balaban J connectivity index is 1.46. The standard InChI is InChI=1S/C38H24N2/c1-2-12-27-22-28(21-20-25(27)10-1)39-35-17-7-5-15-30(35)32-23-33-31-16-6-8-18-36(31)40(38(33)24-37(32)39)34-19-9-13-26-11-3-4-14-29(26)34/h1-24H. The van der Waals surface area contributed by atoms with Crippen molar-refractivity contribution in [2.45, 2.75) is 0 Å². The van der Waals surface area contributed by atoms with Gasteiger partial charge in [-0.05, 0) is 58.6 Å². The van der Waals surface area contributed by atoms with Crippen LogP contribution in [0.5, 0.6) is 0 Å². The van der Waals surface area contributed by atoms with Crippen LogP contribution in [0, 0.1) is 0 Å². The molecule has 9 rings (SSSR count). The van der Waals surface area contributed by atoms with E-state index in [0.717, 1.165) is 0 Å². The third-order valence-electron chi connectivity index (χ3n) is 8.46. The molecule has 7 aromatic carbocycles. The summed E-state index contributed by atoms with van der Waals surface area (Å²) in [4.78, 5) is 0. The van der Waals surface area contributed by atoms with Crippen molar-refractivity contribution in [1.82, 2.24) is 9.13 Å². The minimum Gasteiger partial charge on any atom is -0.309 e. The molecule has 0 saturated heterocycles. The zero-order valence-electron chi connectivity index (χ0n) is 21.8. The van der Waals surface area contributed by atoms with Gasteiger partial charge in [-0.1, -0.05) is 103 Å². The normalized spacial score (nSPS) is 12.0. The second-order valence-electron chi connectivity index (χ2n) is 10.6. The van der Waals surface area contributed by atoms with Gasteiger partial charge in [0, 0.05) is 32.6 Å². The van der Waals surface area contributed by atoms with Crippen LogP contribution in [-0.2, 0) is 0 Å². The lowest BCUT2D eigenvalue weighted by atomic mass is 10.1. The van der Waals surface area contributed by atoms with Crippen LogP contribution in [0.25, 0.3) is 76.5 Å². The highest BCUT2D eigenvalue weighted by Gasteiger charge is 2.19. The van der Waals surface area contributed by atoms with E-state index in [2.05, 4.69) is 155 Å². The molecule has 0 saturated carbocycles. The first-order valence-electron chi connectivity index (χ1n) is 13.8. The molecular formula is C38H24N2. The van der Waals surface area contributed by atoms with Crippen LogP contribution in [0.1, 0.15) is 0 Å². The Labute approximate surface area is 230 Å². The van der Waals surface area contributed by atoms with Gasteiger partial charge < -0.3 is 9.13 Å². The van der Waals surface area contributed by atoms with Gasteiger partial charge in [0.1, 0.15) is 0 Å². The highest BCUT2D eigenvalue weighted by Crippen LogP contribution is 2.40. The lowest BCUT2D eigenvalue weighted by Crippen LogP contribution is -1.96. The summed E-state index contributed by atoms with van der Waals surface area (Å²) >= 11 is 0. The van der Waals surface area contributed by atoms with E-state index in [9.17, 15) is 0 Å². The van der Waals surface area contributed by atoms with Crippen molar-refractivity contribution in [3.05, 3.63) is 146 Å². The van der Waals surface area contributed by atoms with E-state index in [1.807, 2.05) is 0 Å². The summed E-state index contributed by atoms with van der Waals surface area (Å²) in [7, 11) is 0. The molecule has 0 amide bonds. The summed E-state index contributed by atoms with van der Waals surface area (Å²) in [5, 5.41) is 10.1. The molecule has 0 fully saturated rings. The first-order valence-corrected chi connectivity index (χ1v) is 13.8. The van der Waals surface area contributed by atoms with Crippen molar-refractivity contribution in [3.8, 4) is 11.4 Å². The van der Waals surface area contributed by atoms with Crippen molar-refractivity contribution in [1.29, 1.82) is 0 Å². The van der Waals surface area contributed by atoms with Gasteiger partial charge in [0.15, 0.2) is 0 Å². The Morgan fingerprint density at radius 1 is 0.300 bits per heavy atom. The zero-order valence-corrected chi connectivity index (χ0v) is 21.8. The third kappa shape index (κ3) is 2.93. The van der Waals surface area contributed by atoms with E-state index < -0.39 is 0 Å². The highest BCUT2D eigenvalue weighted by molar-refractivity contribution is 6.19. The molecule has 0 N–H and O–H groups in total. The Morgan fingerprint density at radius 2 is 0.875 bits per heavy atom. The van der Waals surface area contributed by atoms with Gasteiger partial charge in [-0.25, -0.2) is 0 Å². The molecule has 0 unspecified atom stereocenters. The SMILES string of the molecule is c1ccc2cc(-n3c4ccccc4c4cc5c6ccccc6n(-c6cccc7ccccc67)c5cc43)ccc2c1. The van der Waals surface area contributed by atoms with E-state index in [-0.39, 0.29) is 0 Å². The maximum absolute atomic E-state index is 2.45. The van der Waals surface area contributed by atoms with Crippen LogP contribution in [0.4, 0.5) is 0 Å². The number of aromatic nitrogens is 2. The number of para-hydroxylation sites is 2. The summed E-state index contributed by atoms with van der Waals surface area (Å²) in [6.45, 7) is 0. The molecule has 2 heteroatoms. The number of nitrogens with zero attached hydrogens (tertiary/aromatic N) is 2. The molecule has 0 aliphatic rings. The molecule has 0 spiro atoms. The minimum atomic E-state index is 1.18. The molecule has 0 atom stereocenters. The first-order chi connectivity index (χ1) is 19.8. The molecule has 2 aromatic heterocycles. The Hall–Kier alpha value is -5.34. The van der Waals surface area contributed by atoms with Crippen molar-refractivity contribution in [2.75, 3.05) is 0 Å². The average Bonchev–Trinajstić information content (AvgIpc) is 3.51. The van der Waals surface area contributed by atoms with Crippen LogP contribution in [0.2, 0.25) is 0 Å². The Morgan fingerprint density at radius 3 is 1.65 bits per heavy atom. The number of hydrogen-bond donors (Lipinski definition) is 0. The van der Waals surface area contributed by atoms with E-state index in [4.69, 9.17) is 0 Å². The van der Waals surface area contributed by atoms with Crippen molar-refractivity contribution in [2.24, 2.45) is 0 Å². The van der Waals surface area contributed by atoms with Crippen LogP contribution < -0.4 is 0 Å².